The topological polar surface area (TPSA) is 53.2 Å². The molecule has 0 aromatic heterocycles. The Balaban J connectivity index is 2.39. The van der Waals surface area contributed by atoms with Crippen molar-refractivity contribution in [2.24, 2.45) is 4.99 Å². The largest absolute Gasteiger partial charge is 0.240 e. The van der Waals surface area contributed by atoms with Crippen molar-refractivity contribution in [3.05, 3.63) is 27.8 Å². The first-order valence-electron chi connectivity index (χ1n) is 6.04. The monoisotopic (exact) mass is 224 g/mol. The fourth-order valence-electron chi connectivity index (χ4n) is 3.24. The quantitative estimate of drug-likeness (QED) is 0.543. The zero-order valence-electron chi connectivity index (χ0n) is 9.55. The molecule has 3 nitrogen and oxygen atoms in total. The summed E-state index contributed by atoms with van der Waals surface area (Å²) in [6.07, 6.45) is 7.59. The normalized spacial score (nSPS) is 15.9. The number of aliphatic imine (C=N–C) groups is 1. The van der Waals surface area contributed by atoms with Crippen LogP contribution in [-0.2, 0) is 30.5 Å². The number of fused-ring (bicyclic) bond motifs is 2. The number of benzene rings is 1. The second-order valence-corrected chi connectivity index (χ2v) is 4.66. The van der Waals surface area contributed by atoms with Crippen molar-refractivity contribution in [3.63, 3.8) is 0 Å². The molecule has 0 saturated carbocycles. The van der Waals surface area contributed by atoms with E-state index in [4.69, 9.17) is 0 Å². The minimum Gasteiger partial charge on any atom is -0.211 e. The lowest BCUT2D eigenvalue weighted by molar-refractivity contribution is 0.565. The molecule has 0 N–H and O–H groups in total. The Morgan fingerprint density at radius 2 is 1.47 bits per heavy atom. The van der Waals surface area contributed by atoms with Crippen LogP contribution in [0.5, 0.6) is 0 Å². The highest BCUT2D eigenvalue weighted by molar-refractivity contribution is 5.70. The fraction of sp³-hybridized carbons (Fsp3) is 0.429. The summed E-state index contributed by atoms with van der Waals surface area (Å²) in [6.45, 7) is 0. The molecule has 2 aliphatic carbocycles. The number of nitriles is 1. The molecular weight excluding hydrogens is 212 g/mol. The highest BCUT2D eigenvalue weighted by atomic mass is 16.1. The lowest BCUT2D eigenvalue weighted by atomic mass is 9.93. The van der Waals surface area contributed by atoms with Crippen LogP contribution in [0.25, 0.3) is 0 Å². The standard InChI is InChI=1S/C14H12N2O/c15-7-13-9-3-1-5-11(9)14(16-8-17)12-6-2-4-10(12)13/h1-6H2. The molecule has 0 radical (unpaired) electrons. The zero-order valence-corrected chi connectivity index (χ0v) is 9.55. The van der Waals surface area contributed by atoms with Crippen LogP contribution in [0.15, 0.2) is 4.99 Å². The highest BCUT2D eigenvalue weighted by Crippen LogP contribution is 2.42. The third-order valence-electron chi connectivity index (χ3n) is 3.88. The average molecular weight is 224 g/mol. The van der Waals surface area contributed by atoms with E-state index in [2.05, 4.69) is 11.1 Å². The summed E-state index contributed by atoms with van der Waals surface area (Å²) >= 11 is 0. The number of nitrogens with zero attached hydrogens (tertiary/aromatic N) is 2. The van der Waals surface area contributed by atoms with Crippen molar-refractivity contribution in [1.82, 2.24) is 0 Å². The van der Waals surface area contributed by atoms with Gasteiger partial charge in [0.2, 0.25) is 6.08 Å². The van der Waals surface area contributed by atoms with Crippen molar-refractivity contribution >= 4 is 11.8 Å². The molecule has 1 aromatic rings. The van der Waals surface area contributed by atoms with E-state index in [1.54, 1.807) is 6.08 Å². The first-order chi connectivity index (χ1) is 8.36. The third-order valence-corrected chi connectivity index (χ3v) is 3.88. The molecule has 2 aliphatic rings. The first kappa shape index (κ1) is 10.3. The molecule has 0 amide bonds. The molecule has 3 heteroatoms. The fourth-order valence-corrected chi connectivity index (χ4v) is 3.24. The minimum atomic E-state index is 0.832. The first-order valence-corrected chi connectivity index (χ1v) is 6.04. The van der Waals surface area contributed by atoms with Gasteiger partial charge in [-0.25, -0.2) is 4.79 Å². The number of hydrogen-bond acceptors (Lipinski definition) is 3. The van der Waals surface area contributed by atoms with Gasteiger partial charge in [0.15, 0.2) is 0 Å². The maximum absolute atomic E-state index is 10.6. The summed E-state index contributed by atoms with van der Waals surface area (Å²) < 4.78 is 0. The molecule has 0 atom stereocenters. The van der Waals surface area contributed by atoms with Crippen molar-refractivity contribution in [1.29, 1.82) is 5.26 Å². The van der Waals surface area contributed by atoms with E-state index in [0.717, 1.165) is 72.0 Å². The Kier molecular flexibility index (Phi) is 2.31. The Bertz CT molecular complexity index is 554. The summed E-state index contributed by atoms with van der Waals surface area (Å²) in [6, 6.07) is 2.36. The van der Waals surface area contributed by atoms with E-state index in [1.165, 1.54) is 0 Å². The maximum Gasteiger partial charge on any atom is 0.240 e. The van der Waals surface area contributed by atoms with Crippen LogP contribution in [0.4, 0.5) is 5.69 Å². The van der Waals surface area contributed by atoms with Gasteiger partial charge in [0.1, 0.15) is 0 Å². The minimum absolute atomic E-state index is 0.832. The van der Waals surface area contributed by atoms with Crippen LogP contribution in [0.1, 0.15) is 40.7 Å². The van der Waals surface area contributed by atoms with E-state index in [9.17, 15) is 10.1 Å². The summed E-state index contributed by atoms with van der Waals surface area (Å²) in [5.41, 5.74) is 6.24. The molecule has 0 saturated heterocycles. The highest BCUT2D eigenvalue weighted by Gasteiger charge is 2.28. The smallest absolute Gasteiger partial charge is 0.211 e. The lowest BCUT2D eigenvalue weighted by Crippen LogP contribution is -1.98. The van der Waals surface area contributed by atoms with Gasteiger partial charge in [0.05, 0.1) is 17.3 Å². The van der Waals surface area contributed by atoms with Crippen LogP contribution in [0, 0.1) is 11.3 Å². The van der Waals surface area contributed by atoms with Crippen LogP contribution in [0.2, 0.25) is 0 Å². The van der Waals surface area contributed by atoms with Gasteiger partial charge < -0.3 is 0 Å². The Hall–Kier alpha value is -1.91. The third kappa shape index (κ3) is 1.35. The van der Waals surface area contributed by atoms with Gasteiger partial charge in [-0.1, -0.05) is 0 Å². The summed E-state index contributed by atoms with van der Waals surface area (Å²) in [7, 11) is 0. The predicted molar refractivity (Wildman–Crippen MR) is 63.0 cm³/mol. The van der Waals surface area contributed by atoms with Crippen LogP contribution in [0.3, 0.4) is 0 Å². The van der Waals surface area contributed by atoms with Crippen molar-refractivity contribution in [3.8, 4) is 6.07 Å². The molecule has 3 rings (SSSR count). The van der Waals surface area contributed by atoms with Gasteiger partial charge in [-0.3, -0.25) is 0 Å². The summed E-state index contributed by atoms with van der Waals surface area (Å²) in [5.74, 6) is 0. The second kappa shape index (κ2) is 3.84. The molecule has 0 unspecified atom stereocenters. The van der Waals surface area contributed by atoms with Crippen molar-refractivity contribution < 1.29 is 4.79 Å². The zero-order chi connectivity index (χ0) is 11.8. The maximum atomic E-state index is 10.6. The van der Waals surface area contributed by atoms with Gasteiger partial charge in [0.25, 0.3) is 0 Å². The number of rotatable bonds is 1. The van der Waals surface area contributed by atoms with Gasteiger partial charge >= 0.3 is 0 Å². The van der Waals surface area contributed by atoms with Crippen LogP contribution in [-0.4, -0.2) is 6.08 Å². The van der Waals surface area contributed by atoms with E-state index < -0.39 is 0 Å². The van der Waals surface area contributed by atoms with E-state index >= 15 is 0 Å². The molecule has 0 bridgehead atoms. The van der Waals surface area contributed by atoms with Crippen LogP contribution >= 0.6 is 0 Å². The van der Waals surface area contributed by atoms with Gasteiger partial charge in [-0.05, 0) is 60.8 Å². The Labute approximate surface area is 99.8 Å². The summed E-state index contributed by atoms with van der Waals surface area (Å²) in [5, 5.41) is 9.33. The number of hydrogen-bond donors (Lipinski definition) is 0. The molecule has 1 aromatic carbocycles. The Morgan fingerprint density at radius 3 is 1.94 bits per heavy atom. The molecule has 84 valence electrons. The predicted octanol–water partition coefficient (Wildman–Crippen LogP) is 2.50. The van der Waals surface area contributed by atoms with E-state index in [0.29, 0.717) is 0 Å². The van der Waals surface area contributed by atoms with Gasteiger partial charge in [-0.15, -0.1) is 0 Å². The van der Waals surface area contributed by atoms with Crippen molar-refractivity contribution in [2.45, 2.75) is 38.5 Å². The summed E-state index contributed by atoms with van der Waals surface area (Å²) in [4.78, 5) is 14.5. The molecule has 0 fully saturated rings. The molecule has 17 heavy (non-hydrogen) atoms. The average Bonchev–Trinajstić information content (AvgIpc) is 2.96. The second-order valence-electron chi connectivity index (χ2n) is 4.66. The molecule has 0 spiro atoms. The lowest BCUT2D eigenvalue weighted by Gasteiger charge is -2.12. The molecule has 0 heterocycles. The molecular formula is C14H12N2O. The van der Waals surface area contributed by atoms with Crippen molar-refractivity contribution in [2.75, 3.05) is 0 Å². The van der Waals surface area contributed by atoms with Gasteiger partial charge in [-0.2, -0.15) is 10.3 Å². The van der Waals surface area contributed by atoms with Crippen LogP contribution < -0.4 is 0 Å². The Morgan fingerprint density at radius 1 is 0.941 bits per heavy atom. The van der Waals surface area contributed by atoms with Gasteiger partial charge in [0, 0.05) is 0 Å². The number of carbonyl (C=O) groups excluding carboxylic acids is 1. The van der Waals surface area contributed by atoms with E-state index in [1.807, 2.05) is 0 Å². The van der Waals surface area contributed by atoms with E-state index in [-0.39, 0.29) is 0 Å². The molecule has 0 aliphatic heterocycles. The number of isocyanates is 1. The SMILES string of the molecule is N#Cc1c2c(c(N=C=O)c3c1CCC3)CCC2.